The Morgan fingerprint density at radius 2 is 1.79 bits per heavy atom. The molecule has 0 aromatic heterocycles. The summed E-state index contributed by atoms with van der Waals surface area (Å²) >= 11 is 0. The molecule has 0 radical (unpaired) electrons. The molecule has 0 bridgehead atoms. The number of rotatable bonds is 7. The van der Waals surface area contributed by atoms with Gasteiger partial charge in [-0.05, 0) is 49.9 Å². The maximum atomic E-state index is 14.4. The molecule has 0 unspecified atom stereocenters. The van der Waals surface area contributed by atoms with Gasteiger partial charge < -0.3 is 9.64 Å². The number of carbonyl (C=O) groups is 2. The number of hydrogen-bond acceptors (Lipinski definition) is 3. The van der Waals surface area contributed by atoms with Gasteiger partial charge in [0.15, 0.2) is 0 Å². The van der Waals surface area contributed by atoms with E-state index >= 15 is 0 Å². The number of fused-ring (bicyclic) bond motifs is 1. The quantitative estimate of drug-likeness (QED) is 0.517. The number of amides is 1. The third kappa shape index (κ3) is 4.55. The van der Waals surface area contributed by atoms with Crippen LogP contribution in [0.2, 0.25) is 0 Å². The number of carbonyl (C=O) groups excluding carboxylic acids is 2. The fraction of sp³-hybridized carbons (Fsp3) is 0.364. The Hall–Kier alpha value is -2.76. The maximum Gasteiger partial charge on any atom is 0.338 e. The molecule has 1 aliphatic rings. The molecule has 0 spiro atoms. The van der Waals surface area contributed by atoms with Gasteiger partial charge in [-0.3, -0.25) is 4.79 Å². The number of alkyl halides is 2. The molecule has 1 aliphatic heterocycles. The molecule has 0 saturated carbocycles. The Morgan fingerprint density at radius 1 is 1.07 bits per heavy atom. The molecule has 1 amide bonds. The zero-order valence-corrected chi connectivity index (χ0v) is 15.8. The van der Waals surface area contributed by atoms with E-state index in [1.807, 2.05) is 19.1 Å². The molecule has 0 saturated heterocycles. The highest BCUT2D eigenvalue weighted by Crippen LogP contribution is 2.33. The van der Waals surface area contributed by atoms with Gasteiger partial charge in [0.25, 0.3) is 5.91 Å². The van der Waals surface area contributed by atoms with Crippen LogP contribution in [0.25, 0.3) is 0 Å². The van der Waals surface area contributed by atoms with Gasteiger partial charge in [0.2, 0.25) is 0 Å². The summed E-state index contributed by atoms with van der Waals surface area (Å²) in [5, 5.41) is 0. The summed E-state index contributed by atoms with van der Waals surface area (Å²) in [5.74, 6) is -5.07. The van der Waals surface area contributed by atoms with Crippen LogP contribution in [0.1, 0.15) is 40.7 Å². The standard InChI is InChI=1S/C22H23F2NO3/c1-16-8-10-18(11-9-16)20(26)28-15-5-4-13-22(23,24)21(27)25-14-12-17-6-2-3-7-19(17)25/h2-3,6-11H,4-5,12-15H2,1H3. The number of aryl methyl sites for hydroxylation is 1. The van der Waals surface area contributed by atoms with Gasteiger partial charge in [-0.15, -0.1) is 0 Å². The largest absolute Gasteiger partial charge is 0.462 e. The normalized spacial score (nSPS) is 13.3. The van der Waals surface area contributed by atoms with E-state index in [1.54, 1.807) is 36.4 Å². The second-order valence-corrected chi connectivity index (χ2v) is 7.00. The molecule has 1 heterocycles. The first-order valence-electron chi connectivity index (χ1n) is 9.40. The van der Waals surface area contributed by atoms with Gasteiger partial charge in [0, 0.05) is 18.7 Å². The molecular weight excluding hydrogens is 364 g/mol. The lowest BCUT2D eigenvalue weighted by Crippen LogP contribution is -2.42. The monoisotopic (exact) mass is 387 g/mol. The zero-order chi connectivity index (χ0) is 20.1. The van der Waals surface area contributed by atoms with E-state index in [4.69, 9.17) is 4.74 Å². The highest BCUT2D eigenvalue weighted by atomic mass is 19.3. The molecule has 3 rings (SSSR count). The van der Waals surface area contributed by atoms with Crippen molar-refractivity contribution in [1.29, 1.82) is 0 Å². The SMILES string of the molecule is Cc1ccc(C(=O)OCCCCC(F)(F)C(=O)N2CCc3ccccc32)cc1. The van der Waals surface area contributed by atoms with Crippen LogP contribution in [0.5, 0.6) is 0 Å². The van der Waals surface area contributed by atoms with Crippen molar-refractivity contribution in [1.82, 2.24) is 0 Å². The molecule has 0 fully saturated rings. The summed E-state index contributed by atoms with van der Waals surface area (Å²) in [5.41, 5.74) is 2.94. The number of hydrogen-bond donors (Lipinski definition) is 0. The van der Waals surface area contributed by atoms with Crippen molar-refractivity contribution in [3.63, 3.8) is 0 Å². The van der Waals surface area contributed by atoms with Crippen molar-refractivity contribution >= 4 is 17.6 Å². The van der Waals surface area contributed by atoms with Crippen molar-refractivity contribution < 1.29 is 23.1 Å². The van der Waals surface area contributed by atoms with Gasteiger partial charge in [-0.25, -0.2) is 4.79 Å². The number of unbranched alkanes of at least 4 members (excludes halogenated alkanes) is 1. The van der Waals surface area contributed by atoms with Crippen LogP contribution >= 0.6 is 0 Å². The Kier molecular flexibility index (Phi) is 6.07. The Labute approximate surface area is 163 Å². The highest BCUT2D eigenvalue weighted by Gasteiger charge is 2.43. The summed E-state index contributed by atoms with van der Waals surface area (Å²) in [4.78, 5) is 25.4. The zero-order valence-electron chi connectivity index (χ0n) is 15.8. The van der Waals surface area contributed by atoms with Crippen LogP contribution in [0.4, 0.5) is 14.5 Å². The van der Waals surface area contributed by atoms with Crippen LogP contribution < -0.4 is 4.90 Å². The molecule has 4 nitrogen and oxygen atoms in total. The minimum Gasteiger partial charge on any atom is -0.462 e. The molecule has 0 atom stereocenters. The lowest BCUT2D eigenvalue weighted by molar-refractivity contribution is -0.143. The number of benzene rings is 2. The van der Waals surface area contributed by atoms with E-state index in [2.05, 4.69) is 0 Å². The van der Waals surface area contributed by atoms with E-state index in [-0.39, 0.29) is 26.0 Å². The summed E-state index contributed by atoms with van der Waals surface area (Å²) in [6.07, 6.45) is 0.395. The predicted octanol–water partition coefficient (Wildman–Crippen LogP) is 4.55. The minimum absolute atomic E-state index is 0.0452. The first-order valence-corrected chi connectivity index (χ1v) is 9.40. The lowest BCUT2D eigenvalue weighted by Gasteiger charge is -2.23. The van der Waals surface area contributed by atoms with Crippen molar-refractivity contribution in [2.75, 3.05) is 18.1 Å². The topological polar surface area (TPSA) is 46.6 Å². The fourth-order valence-corrected chi connectivity index (χ4v) is 3.24. The van der Waals surface area contributed by atoms with Gasteiger partial charge in [0.05, 0.1) is 12.2 Å². The van der Waals surface area contributed by atoms with E-state index in [0.717, 1.165) is 11.1 Å². The number of halogens is 2. The molecule has 0 N–H and O–H groups in total. The smallest absolute Gasteiger partial charge is 0.338 e. The average molecular weight is 387 g/mol. The van der Waals surface area contributed by atoms with Crippen molar-refractivity contribution in [2.24, 2.45) is 0 Å². The number of ether oxygens (including phenoxy) is 1. The second kappa shape index (κ2) is 8.50. The van der Waals surface area contributed by atoms with Crippen LogP contribution in [-0.4, -0.2) is 31.0 Å². The van der Waals surface area contributed by atoms with Gasteiger partial charge >= 0.3 is 11.9 Å². The molecular formula is C22H23F2NO3. The maximum absolute atomic E-state index is 14.4. The van der Waals surface area contributed by atoms with Crippen LogP contribution in [-0.2, 0) is 16.0 Å². The highest BCUT2D eigenvalue weighted by molar-refractivity contribution is 6.00. The molecule has 6 heteroatoms. The third-order valence-electron chi connectivity index (χ3n) is 4.85. The van der Waals surface area contributed by atoms with Crippen LogP contribution in [0.3, 0.4) is 0 Å². The first-order chi connectivity index (χ1) is 13.4. The first kappa shape index (κ1) is 20.0. The summed E-state index contributed by atoms with van der Waals surface area (Å²) in [6.45, 7) is 2.24. The third-order valence-corrected chi connectivity index (χ3v) is 4.85. The summed E-state index contributed by atoms with van der Waals surface area (Å²) < 4.78 is 33.8. The van der Waals surface area contributed by atoms with Crippen molar-refractivity contribution in [3.8, 4) is 0 Å². The Balaban J connectivity index is 1.44. The molecule has 28 heavy (non-hydrogen) atoms. The van der Waals surface area contributed by atoms with Gasteiger partial charge in [-0.2, -0.15) is 8.78 Å². The van der Waals surface area contributed by atoms with Crippen LogP contribution in [0, 0.1) is 6.92 Å². The Morgan fingerprint density at radius 3 is 2.54 bits per heavy atom. The van der Waals surface area contributed by atoms with Crippen molar-refractivity contribution in [3.05, 3.63) is 65.2 Å². The second-order valence-electron chi connectivity index (χ2n) is 7.00. The minimum atomic E-state index is -3.43. The fourth-order valence-electron chi connectivity index (χ4n) is 3.24. The Bertz CT molecular complexity index is 849. The van der Waals surface area contributed by atoms with Crippen molar-refractivity contribution in [2.45, 2.75) is 38.5 Å². The van der Waals surface area contributed by atoms with E-state index in [1.165, 1.54) is 4.90 Å². The summed E-state index contributed by atoms with van der Waals surface area (Å²) in [6, 6.07) is 14.1. The molecule has 0 aliphatic carbocycles. The number of nitrogens with zero attached hydrogens (tertiary/aromatic N) is 1. The molecule has 2 aromatic rings. The number of anilines is 1. The van der Waals surface area contributed by atoms with E-state index < -0.39 is 24.2 Å². The molecule has 148 valence electrons. The van der Waals surface area contributed by atoms with E-state index in [0.29, 0.717) is 17.7 Å². The number of para-hydroxylation sites is 1. The van der Waals surface area contributed by atoms with Crippen LogP contribution in [0.15, 0.2) is 48.5 Å². The van der Waals surface area contributed by atoms with Gasteiger partial charge in [0.1, 0.15) is 0 Å². The average Bonchev–Trinajstić information content (AvgIpc) is 3.11. The number of esters is 1. The summed E-state index contributed by atoms with van der Waals surface area (Å²) in [7, 11) is 0. The van der Waals surface area contributed by atoms with Gasteiger partial charge in [-0.1, -0.05) is 35.9 Å². The van der Waals surface area contributed by atoms with E-state index in [9.17, 15) is 18.4 Å². The molecule has 2 aromatic carbocycles. The lowest BCUT2D eigenvalue weighted by atomic mass is 10.1. The predicted molar refractivity (Wildman–Crippen MR) is 103 cm³/mol.